The Bertz CT molecular complexity index is 1490. The third-order valence-electron chi connectivity index (χ3n) is 5.43. The zero-order chi connectivity index (χ0) is 24.2. The van der Waals surface area contributed by atoms with Crippen molar-refractivity contribution in [1.82, 2.24) is 14.5 Å². The van der Waals surface area contributed by atoms with Crippen molar-refractivity contribution in [2.45, 2.75) is 18.6 Å². The monoisotopic (exact) mass is 482 g/mol. The molecule has 35 heavy (non-hydrogen) atoms. The molecule has 174 valence electrons. The minimum absolute atomic E-state index is 0.0501. The van der Waals surface area contributed by atoms with Crippen molar-refractivity contribution in [2.75, 3.05) is 11.1 Å². The van der Waals surface area contributed by atoms with Crippen LogP contribution >= 0.6 is 11.8 Å². The van der Waals surface area contributed by atoms with E-state index in [0.29, 0.717) is 34.1 Å². The van der Waals surface area contributed by atoms with Gasteiger partial charge in [-0.25, -0.2) is 4.98 Å². The number of carbonyl (C=O) groups excluding carboxylic acids is 1. The quantitative estimate of drug-likeness (QED) is 0.244. The Hall–Kier alpha value is -4.17. The molecule has 0 saturated carbocycles. The molecule has 0 spiro atoms. The lowest BCUT2D eigenvalue weighted by molar-refractivity contribution is -0.113. The number of oxazole rings is 1. The highest BCUT2D eigenvalue weighted by Crippen LogP contribution is 2.34. The van der Waals surface area contributed by atoms with Gasteiger partial charge in [-0.3, -0.25) is 19.5 Å². The zero-order valence-electron chi connectivity index (χ0n) is 19.0. The smallest absolute Gasteiger partial charge is 0.302 e. The number of rotatable bonds is 7. The first-order valence-electron chi connectivity index (χ1n) is 11.2. The number of hydrogen-bond donors (Lipinski definition) is 1. The largest absolute Gasteiger partial charge is 0.423 e. The summed E-state index contributed by atoms with van der Waals surface area (Å²) in [5.74, 6) is 0.324. The maximum Gasteiger partial charge on any atom is 0.302 e. The van der Waals surface area contributed by atoms with E-state index >= 15 is 0 Å². The van der Waals surface area contributed by atoms with Crippen LogP contribution in [0, 0.1) is 0 Å². The fourth-order valence-corrected chi connectivity index (χ4v) is 4.64. The molecule has 0 aliphatic heterocycles. The molecule has 1 N–H and O–H groups in total. The van der Waals surface area contributed by atoms with E-state index in [1.54, 1.807) is 16.7 Å². The van der Waals surface area contributed by atoms with Crippen LogP contribution in [0.1, 0.15) is 6.92 Å². The van der Waals surface area contributed by atoms with Crippen molar-refractivity contribution < 1.29 is 9.21 Å². The van der Waals surface area contributed by atoms with Crippen molar-refractivity contribution in [1.29, 1.82) is 0 Å². The summed E-state index contributed by atoms with van der Waals surface area (Å²) in [6, 6.07) is 26.6. The maximum absolute atomic E-state index is 12.8. The number of benzene rings is 3. The van der Waals surface area contributed by atoms with Gasteiger partial charge < -0.3 is 4.42 Å². The Balaban J connectivity index is 1.38. The highest BCUT2D eigenvalue weighted by atomic mass is 32.2. The number of anilines is 1. The first-order valence-corrected chi connectivity index (χ1v) is 12.2. The Morgan fingerprint density at radius 1 is 0.914 bits per heavy atom. The first kappa shape index (κ1) is 22.6. The summed E-state index contributed by atoms with van der Waals surface area (Å²) < 4.78 is 7.55. The third kappa shape index (κ3) is 4.74. The molecule has 0 unspecified atom stereocenters. The van der Waals surface area contributed by atoms with Crippen LogP contribution in [0.4, 0.5) is 6.01 Å². The van der Waals surface area contributed by atoms with Crippen molar-refractivity contribution in [3.05, 3.63) is 95.3 Å². The van der Waals surface area contributed by atoms with E-state index in [4.69, 9.17) is 4.42 Å². The van der Waals surface area contributed by atoms with Crippen molar-refractivity contribution in [2.24, 2.45) is 0 Å². The van der Waals surface area contributed by atoms with Gasteiger partial charge in [-0.15, -0.1) is 0 Å². The number of amides is 1. The summed E-state index contributed by atoms with van der Waals surface area (Å²) in [6.45, 7) is 2.34. The first-order chi connectivity index (χ1) is 17.1. The summed E-state index contributed by atoms with van der Waals surface area (Å²) in [5.41, 5.74) is 2.89. The number of hydrogen-bond acceptors (Lipinski definition) is 6. The molecule has 5 aromatic rings. The lowest BCUT2D eigenvalue weighted by Gasteiger charge is -2.10. The number of nitrogens with one attached hydrogen (secondary N) is 1. The topological polar surface area (TPSA) is 90.0 Å². The molecule has 2 heterocycles. The fourth-order valence-electron chi connectivity index (χ4n) is 3.77. The van der Waals surface area contributed by atoms with Crippen LogP contribution in [-0.4, -0.2) is 26.2 Å². The molecule has 0 aliphatic rings. The predicted octanol–water partition coefficient (Wildman–Crippen LogP) is 5.47. The molecule has 7 nitrogen and oxygen atoms in total. The molecule has 0 aliphatic carbocycles. The van der Waals surface area contributed by atoms with Gasteiger partial charge in [0.1, 0.15) is 5.69 Å². The van der Waals surface area contributed by atoms with E-state index in [0.717, 1.165) is 11.1 Å². The van der Waals surface area contributed by atoms with Gasteiger partial charge in [0.25, 0.3) is 5.56 Å². The molecular weight excluding hydrogens is 460 g/mol. The number of carbonyl (C=O) groups is 1. The number of thioether (sulfide) groups is 1. The molecule has 8 heteroatoms. The van der Waals surface area contributed by atoms with E-state index in [-0.39, 0.29) is 23.2 Å². The maximum atomic E-state index is 12.8. The molecule has 1 amide bonds. The van der Waals surface area contributed by atoms with Crippen molar-refractivity contribution >= 4 is 34.6 Å². The second-order valence-corrected chi connectivity index (χ2v) is 8.67. The number of aromatic nitrogens is 3. The molecule has 0 fully saturated rings. The van der Waals surface area contributed by atoms with Gasteiger partial charge in [-0.2, -0.15) is 4.98 Å². The lowest BCUT2D eigenvalue weighted by Crippen LogP contribution is -2.23. The molecule has 5 rings (SSSR count). The Kier molecular flexibility index (Phi) is 6.45. The molecule has 0 saturated heterocycles. The summed E-state index contributed by atoms with van der Waals surface area (Å²) in [7, 11) is 0. The van der Waals surface area contributed by atoms with Crippen molar-refractivity contribution in [3.63, 3.8) is 0 Å². The lowest BCUT2D eigenvalue weighted by atomic mass is 10.1. The minimum Gasteiger partial charge on any atom is -0.423 e. The van der Waals surface area contributed by atoms with E-state index in [1.807, 2.05) is 79.7 Å². The minimum atomic E-state index is -0.305. The molecule has 0 radical (unpaired) electrons. The molecule has 3 aromatic carbocycles. The van der Waals surface area contributed by atoms with Crippen LogP contribution in [0.5, 0.6) is 0 Å². The standard InChI is InChI=1S/C27H22N4O3S/c1-2-31-25(33)20-15-9-10-16-21(20)28-27(31)35-17-22(32)29-26-30-23(18-11-5-3-6-12-18)24(34-26)19-13-7-4-8-14-19/h3-16H,2,17H2,1H3,(H,29,30,32). The highest BCUT2D eigenvalue weighted by molar-refractivity contribution is 7.99. The van der Waals surface area contributed by atoms with Gasteiger partial charge >= 0.3 is 6.01 Å². The molecule has 0 bridgehead atoms. The summed E-state index contributed by atoms with van der Waals surface area (Å²) >= 11 is 1.20. The number of fused-ring (bicyclic) bond motifs is 1. The predicted molar refractivity (Wildman–Crippen MR) is 138 cm³/mol. The normalized spacial score (nSPS) is 11.0. The Morgan fingerprint density at radius 3 is 2.29 bits per heavy atom. The van der Waals surface area contributed by atoms with Crippen LogP contribution < -0.4 is 10.9 Å². The SMILES string of the molecule is CCn1c(SCC(=O)Nc2nc(-c3ccccc3)c(-c3ccccc3)o2)nc2ccccc2c1=O. The zero-order valence-corrected chi connectivity index (χ0v) is 19.8. The average Bonchev–Trinajstić information content (AvgIpc) is 3.32. The van der Waals surface area contributed by atoms with Gasteiger partial charge in [0.05, 0.1) is 16.7 Å². The molecule has 0 atom stereocenters. The Labute approximate surface area is 205 Å². The van der Waals surface area contributed by atoms with E-state index in [2.05, 4.69) is 15.3 Å². The summed E-state index contributed by atoms with van der Waals surface area (Å²) in [6.07, 6.45) is 0. The van der Waals surface area contributed by atoms with E-state index in [1.165, 1.54) is 11.8 Å². The number of nitrogens with zero attached hydrogens (tertiary/aromatic N) is 3. The second kappa shape index (κ2) is 9.99. The van der Waals surface area contributed by atoms with Crippen LogP contribution in [0.15, 0.2) is 99.3 Å². The van der Waals surface area contributed by atoms with Crippen LogP contribution in [-0.2, 0) is 11.3 Å². The van der Waals surface area contributed by atoms with E-state index < -0.39 is 0 Å². The third-order valence-corrected chi connectivity index (χ3v) is 6.41. The van der Waals surface area contributed by atoms with Gasteiger partial charge in [-0.1, -0.05) is 84.6 Å². The Morgan fingerprint density at radius 2 is 1.57 bits per heavy atom. The molecule has 2 aromatic heterocycles. The van der Waals surface area contributed by atoms with Crippen LogP contribution in [0.2, 0.25) is 0 Å². The van der Waals surface area contributed by atoms with Gasteiger partial charge in [-0.05, 0) is 19.1 Å². The second-order valence-electron chi connectivity index (χ2n) is 7.73. The van der Waals surface area contributed by atoms with Gasteiger partial charge in [0, 0.05) is 17.7 Å². The fraction of sp³-hybridized carbons (Fsp3) is 0.111. The molecular formula is C27H22N4O3S. The van der Waals surface area contributed by atoms with Crippen molar-refractivity contribution in [3.8, 4) is 22.6 Å². The number of para-hydroxylation sites is 1. The summed E-state index contributed by atoms with van der Waals surface area (Å²) in [5, 5.41) is 3.80. The highest BCUT2D eigenvalue weighted by Gasteiger charge is 2.19. The van der Waals surface area contributed by atoms with Gasteiger partial charge in [0.15, 0.2) is 10.9 Å². The van der Waals surface area contributed by atoms with Gasteiger partial charge in [0.2, 0.25) is 5.91 Å². The van der Waals surface area contributed by atoms with Crippen LogP contribution in [0.25, 0.3) is 33.5 Å². The summed E-state index contributed by atoms with van der Waals surface area (Å²) in [4.78, 5) is 34.7. The van der Waals surface area contributed by atoms with Crippen LogP contribution in [0.3, 0.4) is 0 Å². The van der Waals surface area contributed by atoms with E-state index in [9.17, 15) is 9.59 Å². The average molecular weight is 483 g/mol.